The Labute approximate surface area is 135 Å². The fourth-order valence-electron chi connectivity index (χ4n) is 2.11. The van der Waals surface area contributed by atoms with Crippen LogP contribution in [0.2, 0.25) is 0 Å². The van der Waals surface area contributed by atoms with Gasteiger partial charge in [0, 0.05) is 17.7 Å². The molecule has 1 aromatic heterocycles. The van der Waals surface area contributed by atoms with Crippen LogP contribution >= 0.6 is 0 Å². The third kappa shape index (κ3) is 4.25. The molecular formula is C17H22N2O4. The zero-order chi connectivity index (χ0) is 16.8. The van der Waals surface area contributed by atoms with Crippen molar-refractivity contribution >= 4 is 5.91 Å². The zero-order valence-corrected chi connectivity index (χ0v) is 13.9. The van der Waals surface area contributed by atoms with E-state index >= 15 is 0 Å². The molecule has 2 rings (SSSR count). The highest BCUT2D eigenvalue weighted by Gasteiger charge is 2.13. The number of methoxy groups -OCH3 is 2. The number of nitrogens with zero attached hydrogens (tertiary/aromatic N) is 1. The number of benzene rings is 1. The summed E-state index contributed by atoms with van der Waals surface area (Å²) >= 11 is 0. The third-order valence-electron chi connectivity index (χ3n) is 3.59. The van der Waals surface area contributed by atoms with E-state index in [0.29, 0.717) is 23.0 Å². The molecule has 1 amide bonds. The molecule has 0 radical (unpaired) electrons. The van der Waals surface area contributed by atoms with Crippen LogP contribution < -0.4 is 14.8 Å². The number of carbonyl (C=O) groups excluding carboxylic acids is 1. The molecule has 0 saturated heterocycles. The van der Waals surface area contributed by atoms with E-state index in [1.807, 2.05) is 26.0 Å². The maximum Gasteiger partial charge on any atom is 0.226 e. The molecule has 0 spiro atoms. The largest absolute Gasteiger partial charge is 0.493 e. The number of rotatable bonds is 7. The number of aromatic nitrogens is 1. The van der Waals surface area contributed by atoms with Gasteiger partial charge in [0.05, 0.1) is 26.3 Å². The SMILES string of the molecule is CCC(C)NC(=O)Cc1cc(-c2ccc(OC)c(OC)c2)on1. The molecule has 1 atom stereocenters. The van der Waals surface area contributed by atoms with Gasteiger partial charge < -0.3 is 19.3 Å². The number of hydrogen-bond donors (Lipinski definition) is 1. The highest BCUT2D eigenvalue weighted by molar-refractivity contribution is 5.78. The van der Waals surface area contributed by atoms with Crippen molar-refractivity contribution in [3.63, 3.8) is 0 Å². The van der Waals surface area contributed by atoms with Crippen LogP contribution in [-0.2, 0) is 11.2 Å². The van der Waals surface area contributed by atoms with Crippen molar-refractivity contribution in [1.82, 2.24) is 10.5 Å². The first-order valence-electron chi connectivity index (χ1n) is 7.54. The minimum atomic E-state index is -0.0634. The lowest BCUT2D eigenvalue weighted by Crippen LogP contribution is -2.33. The summed E-state index contributed by atoms with van der Waals surface area (Å²) in [6, 6.07) is 7.37. The van der Waals surface area contributed by atoms with E-state index in [-0.39, 0.29) is 18.4 Å². The Morgan fingerprint density at radius 2 is 2.00 bits per heavy atom. The molecule has 0 saturated carbocycles. The summed E-state index contributed by atoms with van der Waals surface area (Å²) in [5, 5.41) is 6.86. The molecule has 6 nitrogen and oxygen atoms in total. The van der Waals surface area contributed by atoms with Gasteiger partial charge in [-0.1, -0.05) is 12.1 Å². The Balaban J connectivity index is 2.11. The van der Waals surface area contributed by atoms with Crippen LogP contribution in [0.5, 0.6) is 11.5 Å². The van der Waals surface area contributed by atoms with Crippen molar-refractivity contribution in [3.8, 4) is 22.8 Å². The van der Waals surface area contributed by atoms with Gasteiger partial charge in [-0.15, -0.1) is 0 Å². The second-order valence-electron chi connectivity index (χ2n) is 5.31. The minimum absolute atomic E-state index is 0.0634. The van der Waals surface area contributed by atoms with Crippen LogP contribution in [0.25, 0.3) is 11.3 Å². The number of amides is 1. The van der Waals surface area contributed by atoms with Gasteiger partial charge in [0.1, 0.15) is 0 Å². The van der Waals surface area contributed by atoms with Crippen molar-refractivity contribution < 1.29 is 18.8 Å². The molecule has 2 aromatic rings. The van der Waals surface area contributed by atoms with Gasteiger partial charge in [-0.05, 0) is 31.5 Å². The lowest BCUT2D eigenvalue weighted by atomic mass is 10.1. The fourth-order valence-corrected chi connectivity index (χ4v) is 2.11. The standard InChI is InChI=1S/C17H22N2O4/c1-5-11(2)18-17(20)10-13-9-15(23-19-13)12-6-7-14(21-3)16(8-12)22-4/h6-9,11H,5,10H2,1-4H3,(H,18,20). The Morgan fingerprint density at radius 3 is 2.65 bits per heavy atom. The lowest BCUT2D eigenvalue weighted by molar-refractivity contribution is -0.121. The van der Waals surface area contributed by atoms with E-state index in [1.165, 1.54) is 0 Å². The molecule has 0 fully saturated rings. The van der Waals surface area contributed by atoms with Crippen LogP contribution in [0.15, 0.2) is 28.8 Å². The maximum atomic E-state index is 11.9. The second kappa shape index (κ2) is 7.67. The maximum absolute atomic E-state index is 11.9. The van der Waals surface area contributed by atoms with Crippen LogP contribution in [0.1, 0.15) is 26.0 Å². The highest BCUT2D eigenvalue weighted by Crippen LogP contribution is 2.32. The molecule has 1 unspecified atom stereocenters. The number of nitrogens with one attached hydrogen (secondary N) is 1. The van der Waals surface area contributed by atoms with Gasteiger partial charge in [-0.2, -0.15) is 0 Å². The first-order chi connectivity index (χ1) is 11.1. The number of ether oxygens (including phenoxy) is 2. The Kier molecular flexibility index (Phi) is 5.62. The average Bonchev–Trinajstić information content (AvgIpc) is 3.02. The van der Waals surface area contributed by atoms with Gasteiger partial charge >= 0.3 is 0 Å². The van der Waals surface area contributed by atoms with E-state index in [4.69, 9.17) is 14.0 Å². The minimum Gasteiger partial charge on any atom is -0.493 e. The average molecular weight is 318 g/mol. The fraction of sp³-hybridized carbons (Fsp3) is 0.412. The predicted octanol–water partition coefficient (Wildman–Crippen LogP) is 2.82. The first-order valence-corrected chi connectivity index (χ1v) is 7.54. The van der Waals surface area contributed by atoms with Crippen LogP contribution in [0.4, 0.5) is 0 Å². The molecule has 0 aliphatic carbocycles. The van der Waals surface area contributed by atoms with Crippen molar-refractivity contribution in [2.45, 2.75) is 32.7 Å². The normalized spacial score (nSPS) is 11.8. The van der Waals surface area contributed by atoms with Gasteiger partial charge in [0.2, 0.25) is 5.91 Å². The van der Waals surface area contributed by atoms with Gasteiger partial charge in [-0.25, -0.2) is 0 Å². The topological polar surface area (TPSA) is 73.6 Å². The lowest BCUT2D eigenvalue weighted by Gasteiger charge is -2.09. The van der Waals surface area contributed by atoms with E-state index in [2.05, 4.69) is 10.5 Å². The molecule has 1 aromatic carbocycles. The molecule has 124 valence electrons. The summed E-state index contributed by atoms with van der Waals surface area (Å²) in [5.41, 5.74) is 1.40. The second-order valence-corrected chi connectivity index (χ2v) is 5.31. The predicted molar refractivity (Wildman–Crippen MR) is 86.6 cm³/mol. The van der Waals surface area contributed by atoms with E-state index in [9.17, 15) is 4.79 Å². The molecule has 0 bridgehead atoms. The monoisotopic (exact) mass is 318 g/mol. The Bertz CT molecular complexity index is 666. The summed E-state index contributed by atoms with van der Waals surface area (Å²) in [7, 11) is 3.16. The van der Waals surface area contributed by atoms with Gasteiger partial charge in [-0.3, -0.25) is 4.79 Å². The summed E-state index contributed by atoms with van der Waals surface area (Å²) in [6.07, 6.45) is 1.09. The Hall–Kier alpha value is -2.50. The molecular weight excluding hydrogens is 296 g/mol. The third-order valence-corrected chi connectivity index (χ3v) is 3.59. The van der Waals surface area contributed by atoms with E-state index in [0.717, 1.165) is 12.0 Å². The smallest absolute Gasteiger partial charge is 0.226 e. The molecule has 0 aliphatic rings. The molecule has 6 heteroatoms. The van der Waals surface area contributed by atoms with Crippen molar-refractivity contribution in [2.75, 3.05) is 14.2 Å². The Morgan fingerprint density at radius 1 is 1.26 bits per heavy atom. The quantitative estimate of drug-likeness (QED) is 0.850. The molecule has 1 N–H and O–H groups in total. The van der Waals surface area contributed by atoms with Gasteiger partial charge in [0.15, 0.2) is 17.3 Å². The molecule has 23 heavy (non-hydrogen) atoms. The number of carbonyl (C=O) groups is 1. The van der Waals surface area contributed by atoms with Crippen LogP contribution in [-0.4, -0.2) is 31.3 Å². The summed E-state index contributed by atoms with van der Waals surface area (Å²) in [4.78, 5) is 11.9. The van der Waals surface area contributed by atoms with Crippen molar-refractivity contribution in [3.05, 3.63) is 30.0 Å². The first kappa shape index (κ1) is 16.9. The molecule has 0 aliphatic heterocycles. The molecule has 1 heterocycles. The van der Waals surface area contributed by atoms with E-state index in [1.54, 1.807) is 26.4 Å². The summed E-state index contributed by atoms with van der Waals surface area (Å²) in [5.74, 6) is 1.77. The summed E-state index contributed by atoms with van der Waals surface area (Å²) < 4.78 is 15.8. The summed E-state index contributed by atoms with van der Waals surface area (Å²) in [6.45, 7) is 3.99. The van der Waals surface area contributed by atoms with Crippen LogP contribution in [0.3, 0.4) is 0 Å². The van der Waals surface area contributed by atoms with E-state index < -0.39 is 0 Å². The highest BCUT2D eigenvalue weighted by atomic mass is 16.5. The van der Waals surface area contributed by atoms with Crippen molar-refractivity contribution in [1.29, 1.82) is 0 Å². The number of hydrogen-bond acceptors (Lipinski definition) is 5. The van der Waals surface area contributed by atoms with Gasteiger partial charge in [0.25, 0.3) is 0 Å². The van der Waals surface area contributed by atoms with Crippen LogP contribution in [0, 0.1) is 0 Å². The van der Waals surface area contributed by atoms with Crippen molar-refractivity contribution in [2.24, 2.45) is 0 Å². The zero-order valence-electron chi connectivity index (χ0n) is 13.9.